The quantitative estimate of drug-likeness (QED) is 0.640. The largest absolute Gasteiger partial charge is 0.472 e. The van der Waals surface area contributed by atoms with Gasteiger partial charge in [-0.1, -0.05) is 0 Å². The van der Waals surface area contributed by atoms with Crippen LogP contribution < -0.4 is 10.6 Å². The van der Waals surface area contributed by atoms with Gasteiger partial charge in [0.05, 0.1) is 16.7 Å². The summed E-state index contributed by atoms with van der Waals surface area (Å²) in [4.78, 5) is 33.8. The molecule has 1 fully saturated rings. The first-order valence-corrected chi connectivity index (χ1v) is 6.89. The van der Waals surface area contributed by atoms with E-state index in [1.807, 2.05) is 4.90 Å². The fraction of sp³-hybridized carbons (Fsp3) is 0.308. The van der Waals surface area contributed by atoms with E-state index in [0.29, 0.717) is 37.7 Å². The number of amides is 1. The van der Waals surface area contributed by atoms with Crippen LogP contribution in [-0.2, 0) is 0 Å². The maximum Gasteiger partial charge on any atom is 0.329 e. The van der Waals surface area contributed by atoms with E-state index in [2.05, 4.69) is 9.97 Å². The zero-order chi connectivity index (χ0) is 16.4. The van der Waals surface area contributed by atoms with E-state index < -0.39 is 4.92 Å². The third-order valence-electron chi connectivity index (χ3n) is 3.60. The lowest BCUT2D eigenvalue weighted by molar-refractivity contribution is -0.384. The van der Waals surface area contributed by atoms with E-state index in [1.54, 1.807) is 11.0 Å². The Morgan fingerprint density at radius 1 is 1.35 bits per heavy atom. The van der Waals surface area contributed by atoms with E-state index in [1.165, 1.54) is 12.5 Å². The number of furan rings is 1. The molecule has 3 heterocycles. The third kappa shape index (κ3) is 2.91. The minimum absolute atomic E-state index is 0.0949. The molecule has 1 amide bonds. The summed E-state index contributed by atoms with van der Waals surface area (Å²) in [5.74, 6) is 0.0583. The lowest BCUT2D eigenvalue weighted by Crippen LogP contribution is -2.49. The number of hydrogen-bond acceptors (Lipinski definition) is 8. The molecular formula is C13H14N6O4. The Balaban J connectivity index is 1.66. The van der Waals surface area contributed by atoms with Crippen LogP contribution in [0.2, 0.25) is 0 Å². The van der Waals surface area contributed by atoms with Gasteiger partial charge in [-0.15, -0.1) is 0 Å². The van der Waals surface area contributed by atoms with Gasteiger partial charge in [-0.05, 0) is 6.07 Å². The van der Waals surface area contributed by atoms with Crippen LogP contribution in [0.3, 0.4) is 0 Å². The molecule has 0 aromatic carbocycles. The van der Waals surface area contributed by atoms with E-state index >= 15 is 0 Å². The number of nitro groups is 1. The summed E-state index contributed by atoms with van der Waals surface area (Å²) in [5, 5.41) is 10.7. The van der Waals surface area contributed by atoms with E-state index in [-0.39, 0.29) is 17.4 Å². The van der Waals surface area contributed by atoms with E-state index in [4.69, 9.17) is 10.2 Å². The molecule has 10 heteroatoms. The molecule has 0 radical (unpaired) electrons. The molecule has 2 aromatic rings. The summed E-state index contributed by atoms with van der Waals surface area (Å²) in [6.45, 7) is 2.01. The van der Waals surface area contributed by atoms with Gasteiger partial charge in [-0.25, -0.2) is 4.98 Å². The normalized spacial score (nSPS) is 14.8. The first-order valence-electron chi connectivity index (χ1n) is 6.89. The van der Waals surface area contributed by atoms with Crippen molar-refractivity contribution in [3.05, 3.63) is 40.5 Å². The van der Waals surface area contributed by atoms with Crippen LogP contribution in [0.1, 0.15) is 10.4 Å². The molecule has 0 unspecified atom stereocenters. The van der Waals surface area contributed by atoms with Crippen LogP contribution in [0, 0.1) is 10.1 Å². The Kier molecular flexibility index (Phi) is 3.79. The summed E-state index contributed by atoms with van der Waals surface area (Å²) in [6, 6.07) is 1.62. The molecule has 0 spiro atoms. The molecule has 0 saturated carbocycles. The van der Waals surface area contributed by atoms with Crippen LogP contribution in [0.5, 0.6) is 0 Å². The third-order valence-corrected chi connectivity index (χ3v) is 3.60. The van der Waals surface area contributed by atoms with Crippen LogP contribution in [0.25, 0.3) is 0 Å². The summed E-state index contributed by atoms with van der Waals surface area (Å²) < 4.78 is 4.91. The van der Waals surface area contributed by atoms with Gasteiger partial charge in [0.1, 0.15) is 12.5 Å². The Hall–Kier alpha value is -3.17. The molecule has 1 aliphatic rings. The van der Waals surface area contributed by atoms with Crippen molar-refractivity contribution < 1.29 is 14.1 Å². The first-order chi connectivity index (χ1) is 11.1. The first kappa shape index (κ1) is 14.8. The molecule has 23 heavy (non-hydrogen) atoms. The van der Waals surface area contributed by atoms with Gasteiger partial charge in [-0.2, -0.15) is 4.98 Å². The molecular weight excluding hydrogens is 304 g/mol. The van der Waals surface area contributed by atoms with Crippen molar-refractivity contribution in [3.8, 4) is 0 Å². The Morgan fingerprint density at radius 2 is 2.09 bits per heavy atom. The van der Waals surface area contributed by atoms with Crippen LogP contribution in [0.4, 0.5) is 17.5 Å². The number of carbonyl (C=O) groups excluding carboxylic acids is 1. The lowest BCUT2D eigenvalue weighted by atomic mass is 10.2. The number of nitrogens with zero attached hydrogens (tertiary/aromatic N) is 5. The van der Waals surface area contributed by atoms with E-state index in [0.717, 1.165) is 6.20 Å². The van der Waals surface area contributed by atoms with Crippen LogP contribution >= 0.6 is 0 Å². The lowest BCUT2D eigenvalue weighted by Gasteiger charge is -2.34. The summed E-state index contributed by atoms with van der Waals surface area (Å²) >= 11 is 0. The second-order valence-corrected chi connectivity index (χ2v) is 4.99. The molecule has 1 saturated heterocycles. The number of aromatic nitrogens is 2. The Bertz CT molecular complexity index is 724. The maximum atomic E-state index is 12.2. The van der Waals surface area contributed by atoms with Crippen LogP contribution in [-0.4, -0.2) is 51.9 Å². The second kappa shape index (κ2) is 5.91. The molecule has 0 aliphatic carbocycles. The molecule has 0 atom stereocenters. The fourth-order valence-electron chi connectivity index (χ4n) is 2.35. The predicted octanol–water partition coefficient (Wildman–Crippen LogP) is 0.522. The summed E-state index contributed by atoms with van der Waals surface area (Å²) in [6.07, 6.45) is 3.96. The standard InChI is InChI=1S/C13H14N6O4/c14-11-10(19(21)22)7-15-13(16-11)18-4-2-17(3-5-18)12(20)9-1-6-23-8-9/h1,6-8H,2-5H2,(H2,14,15,16). The van der Waals surface area contributed by atoms with Crippen molar-refractivity contribution in [2.45, 2.75) is 0 Å². The average Bonchev–Trinajstić information content (AvgIpc) is 3.08. The van der Waals surface area contributed by atoms with Crippen molar-refractivity contribution in [2.75, 3.05) is 36.8 Å². The molecule has 10 nitrogen and oxygen atoms in total. The highest BCUT2D eigenvalue weighted by molar-refractivity contribution is 5.94. The number of piperazine rings is 1. The number of rotatable bonds is 3. The van der Waals surface area contributed by atoms with Gasteiger partial charge in [0.2, 0.25) is 11.8 Å². The van der Waals surface area contributed by atoms with Crippen molar-refractivity contribution in [1.82, 2.24) is 14.9 Å². The van der Waals surface area contributed by atoms with Crippen molar-refractivity contribution in [2.24, 2.45) is 0 Å². The number of anilines is 2. The molecule has 2 aromatic heterocycles. The highest BCUT2D eigenvalue weighted by Crippen LogP contribution is 2.21. The minimum atomic E-state index is -0.624. The van der Waals surface area contributed by atoms with Crippen molar-refractivity contribution in [3.63, 3.8) is 0 Å². The topological polar surface area (TPSA) is 132 Å². The number of hydrogen-bond donors (Lipinski definition) is 1. The van der Waals surface area contributed by atoms with Gasteiger partial charge >= 0.3 is 5.69 Å². The molecule has 2 N–H and O–H groups in total. The zero-order valence-corrected chi connectivity index (χ0v) is 12.1. The number of nitrogen functional groups attached to an aromatic ring is 1. The highest BCUT2D eigenvalue weighted by Gasteiger charge is 2.25. The van der Waals surface area contributed by atoms with Gasteiger partial charge < -0.3 is 20.0 Å². The molecule has 3 rings (SSSR count). The molecule has 0 bridgehead atoms. The van der Waals surface area contributed by atoms with Gasteiger partial charge in [-0.3, -0.25) is 14.9 Å². The number of carbonyl (C=O) groups is 1. The Morgan fingerprint density at radius 3 is 2.65 bits per heavy atom. The van der Waals surface area contributed by atoms with Crippen molar-refractivity contribution >= 4 is 23.4 Å². The van der Waals surface area contributed by atoms with Crippen molar-refractivity contribution in [1.29, 1.82) is 0 Å². The fourth-order valence-corrected chi connectivity index (χ4v) is 2.35. The van der Waals surface area contributed by atoms with E-state index in [9.17, 15) is 14.9 Å². The summed E-state index contributed by atoms with van der Waals surface area (Å²) in [7, 11) is 0. The van der Waals surface area contributed by atoms with Gasteiger partial charge in [0.25, 0.3) is 5.91 Å². The second-order valence-electron chi connectivity index (χ2n) is 4.99. The van der Waals surface area contributed by atoms with Gasteiger partial charge in [0.15, 0.2) is 0 Å². The van der Waals surface area contributed by atoms with Gasteiger partial charge in [0, 0.05) is 26.2 Å². The smallest absolute Gasteiger partial charge is 0.329 e. The highest BCUT2D eigenvalue weighted by atomic mass is 16.6. The molecule has 1 aliphatic heterocycles. The minimum Gasteiger partial charge on any atom is -0.472 e. The molecule has 120 valence electrons. The Labute approximate surface area is 130 Å². The number of nitrogens with two attached hydrogens (primary N) is 1. The monoisotopic (exact) mass is 318 g/mol. The summed E-state index contributed by atoms with van der Waals surface area (Å²) in [5.41, 5.74) is 5.77. The zero-order valence-electron chi connectivity index (χ0n) is 12.1. The maximum absolute atomic E-state index is 12.2. The average molecular weight is 318 g/mol. The van der Waals surface area contributed by atoms with Crippen LogP contribution in [0.15, 0.2) is 29.2 Å². The predicted molar refractivity (Wildman–Crippen MR) is 79.9 cm³/mol. The SMILES string of the molecule is Nc1nc(N2CCN(C(=O)c3ccoc3)CC2)ncc1[N+](=O)[O-].